The number of hydrogen-bond acceptors (Lipinski definition) is 2. The minimum atomic E-state index is -1.13. The standard InChI is InChI=1S/C3H4NO3.Rf/c5-2-1-4-3(6)7;/h4H,1H2,(H,6,7);. The number of amides is 1. The fourth-order valence-electron chi connectivity index (χ4n) is 0.174. The minimum absolute atomic E-state index is 0.00888. The summed E-state index contributed by atoms with van der Waals surface area (Å²) in [7, 11) is 0. The van der Waals surface area contributed by atoms with E-state index in [2.05, 4.69) is 0 Å². The van der Waals surface area contributed by atoms with Gasteiger partial charge in [0.2, 0.25) is 0 Å². The molecule has 0 spiro atoms. The van der Waals surface area contributed by atoms with Gasteiger partial charge in [-0.15, -0.1) is 0 Å². The summed E-state index contributed by atoms with van der Waals surface area (Å²) in [4.78, 5) is 19.8. The van der Waals surface area contributed by atoms with E-state index in [1.165, 1.54) is 0 Å². The molecule has 0 saturated carbocycles. The monoisotopic (exact) mass is 369 g/mol. The third-order valence-electron chi connectivity index (χ3n) is 0.437. The molecule has 8 heavy (non-hydrogen) atoms. The van der Waals surface area contributed by atoms with E-state index in [1.54, 1.807) is 0 Å². The van der Waals surface area contributed by atoms with E-state index in [9.17, 15) is 9.59 Å². The first-order valence-corrected chi connectivity index (χ1v) is 5.14. The fraction of sp³-hybridized carbons (Fsp3) is 0.333. The average molecular weight is 369 g/mol. The molecular weight excluding hydrogens is 365 g/mol. The summed E-state index contributed by atoms with van der Waals surface area (Å²) in [5, 5.41) is 9.89. The summed E-state index contributed by atoms with van der Waals surface area (Å²) >= 11 is 0. The fourth-order valence-corrected chi connectivity index (χ4v) is 0.740. The van der Waals surface area contributed by atoms with Crippen LogP contribution in [-0.2, 0) is 4.79 Å². The molecule has 0 aliphatic heterocycles. The summed E-state index contributed by atoms with van der Waals surface area (Å²) < 4.78 is -0.0487. The van der Waals surface area contributed by atoms with Gasteiger partial charge in [0.25, 0.3) is 0 Å². The Bertz CT molecular complexity index is 99.1. The van der Waals surface area contributed by atoms with Gasteiger partial charge >= 0.3 is 38.9 Å². The van der Waals surface area contributed by atoms with Gasteiger partial charge in [0.15, 0.2) is 0 Å². The van der Waals surface area contributed by atoms with Crippen LogP contribution in [0.4, 0.5) is 4.79 Å². The zero-order chi connectivity index (χ0) is 6.57. The molecule has 0 aromatic rings. The van der Waals surface area contributed by atoms with Crippen LogP contribution in [0.2, 0.25) is 0 Å². The molecule has 4 nitrogen and oxygen atoms in total. The molecule has 0 aliphatic carbocycles. The SMILES string of the molecule is O=[C]([Rf])CNC(=O)O. The Morgan fingerprint density at radius 2 is 2.12 bits per heavy atom. The van der Waals surface area contributed by atoms with Crippen LogP contribution < -0.4 is 5.32 Å². The second kappa shape index (κ2) is 2.17. The van der Waals surface area contributed by atoms with Gasteiger partial charge in [0.1, 0.15) is 0 Å². The van der Waals surface area contributed by atoms with Crippen molar-refractivity contribution in [3.8, 4) is 0 Å². The van der Waals surface area contributed by atoms with Crippen molar-refractivity contribution in [2.24, 2.45) is 0 Å². The molecule has 2 N–H and O–H groups in total. The van der Waals surface area contributed by atoms with Gasteiger partial charge in [-0.3, -0.25) is 0 Å². The van der Waals surface area contributed by atoms with Gasteiger partial charge in [-0.2, -0.15) is 0 Å². The molecule has 0 saturated heterocycles. The van der Waals surface area contributed by atoms with Crippen LogP contribution in [-0.4, -0.2) is 24.0 Å². The molecule has 0 aromatic heterocycles. The van der Waals surface area contributed by atoms with Crippen LogP contribution in [0.15, 0.2) is 0 Å². The first-order chi connectivity index (χ1) is 3.63. The molecule has 0 unspecified atom stereocenters. The molecule has 41 valence electrons. The van der Waals surface area contributed by atoms with E-state index >= 15 is 0 Å². The number of rotatable bonds is 2. The van der Waals surface area contributed by atoms with Crippen molar-refractivity contribution in [3.63, 3.8) is 0 Å². The van der Waals surface area contributed by atoms with Gasteiger partial charge in [0, 0.05) is 0 Å². The summed E-state index contributed by atoms with van der Waals surface area (Å²) in [6, 6.07) is 0. The quantitative estimate of drug-likeness (QED) is 0.679. The van der Waals surface area contributed by atoms with Crippen molar-refractivity contribution in [2.45, 2.75) is 0 Å². The molecule has 0 rings (SSSR count). The topological polar surface area (TPSA) is 66.4 Å². The summed E-state index contributed by atoms with van der Waals surface area (Å²) in [6.45, 7) is -0.00888. The molecule has 5 heteroatoms. The molecule has 0 heterocycles. The van der Waals surface area contributed by atoms with Crippen molar-refractivity contribution in [1.82, 2.24) is 5.32 Å². The molecule has 0 fully saturated rings. The van der Waals surface area contributed by atoms with E-state index in [4.69, 9.17) is 5.11 Å². The van der Waals surface area contributed by atoms with Crippen molar-refractivity contribution in [3.05, 3.63) is 0 Å². The van der Waals surface area contributed by atoms with Crippen molar-refractivity contribution >= 4 is 12.4 Å². The van der Waals surface area contributed by atoms with Crippen LogP contribution in [0.5, 0.6) is 0 Å². The van der Waals surface area contributed by atoms with Crippen molar-refractivity contribution in [1.29, 1.82) is 0 Å². The predicted octanol–water partition coefficient (Wildman–Crippen LogP) is -0.670. The van der Waals surface area contributed by atoms with Gasteiger partial charge in [-0.1, -0.05) is 0 Å². The van der Waals surface area contributed by atoms with Gasteiger partial charge < -0.3 is 0 Å². The van der Waals surface area contributed by atoms with Crippen LogP contribution >= 0.6 is 0 Å². The van der Waals surface area contributed by atoms with E-state index < -0.39 is 6.09 Å². The van der Waals surface area contributed by atoms with Gasteiger partial charge in [-0.25, -0.2) is 0 Å². The summed E-state index contributed by atoms with van der Waals surface area (Å²) in [5.41, 5.74) is 0. The zero-order valence-electron chi connectivity index (χ0n) is 4.18. The van der Waals surface area contributed by atoms with Crippen LogP contribution in [0.3, 0.4) is 0 Å². The number of carbonyl (C=O) groups is 2. The summed E-state index contributed by atoms with van der Waals surface area (Å²) in [5.74, 6) is 0. The Kier molecular flexibility index (Phi) is 1.61. The van der Waals surface area contributed by atoms with E-state index in [0.29, 0.717) is 0 Å². The van der Waals surface area contributed by atoms with Crippen LogP contribution in [0, 0.1) is 0 Å². The number of hydrogen-bond donors (Lipinski definition) is 2. The van der Waals surface area contributed by atoms with Gasteiger partial charge in [-0.05, 0) is 0 Å². The zero-order valence-corrected chi connectivity index (χ0v) is 10.6. The first kappa shape index (κ1) is 5.94. The molecule has 0 aromatic carbocycles. The number of nitrogens with one attached hydrogen (secondary N) is 1. The second-order valence-electron chi connectivity index (χ2n) is 1.20. The van der Waals surface area contributed by atoms with Crippen LogP contribution in [0.25, 0.3) is 0 Å². The Hall–Kier alpha value is -2.06. The Labute approximate surface area is 40.1 Å². The average Bonchev–Trinajstić information content (AvgIpc) is 1.61. The molecule has 1 amide bonds. The van der Waals surface area contributed by atoms with E-state index in [1.807, 2.05) is 5.32 Å². The molecule has 0 atom stereocenters. The molecule has 0 radical (unpaired) electrons. The molecule has 0 aliphatic rings. The summed E-state index contributed by atoms with van der Waals surface area (Å²) in [6.07, 6.45) is -1.11. The Morgan fingerprint density at radius 1 is 1.62 bits per heavy atom. The predicted molar refractivity (Wildman–Crippen MR) is 21.0 cm³/mol. The molecular formula is C3H4NO3Rf. The van der Waals surface area contributed by atoms with Gasteiger partial charge in [0.05, 0.1) is 0 Å². The van der Waals surface area contributed by atoms with Crippen molar-refractivity contribution in [2.75, 3.05) is 6.54 Å². The van der Waals surface area contributed by atoms with Crippen LogP contribution in [0.1, 0.15) is 0 Å². The second-order valence-corrected chi connectivity index (χ2v) is 4.77. The van der Waals surface area contributed by atoms with Crippen molar-refractivity contribution < 1.29 is 14.7 Å². The van der Waals surface area contributed by atoms with E-state index in [-0.39, 0.29) is 12.8 Å². The normalized spacial score (nSPS) is 8.25. The third kappa shape index (κ3) is 3.94. The third-order valence-corrected chi connectivity index (χ3v) is 1.57. The maximum atomic E-state index is 10.1. The Morgan fingerprint density at radius 3 is 2.25 bits per heavy atom. The maximum absolute atomic E-state index is 10.1. The molecule has 0 bridgehead atoms. The number of carboxylic acid groups (broad SMARTS) is 1. The Balaban J connectivity index is 3.18. The number of carbonyl (C=O) groups excluding carboxylic acids is 1. The van der Waals surface area contributed by atoms with E-state index in [0.717, 1.165) is 0 Å². The first-order valence-electron chi connectivity index (χ1n) is 1.94.